The molecule has 2 aromatic heterocycles. The number of para-hydroxylation sites is 1. The Morgan fingerprint density at radius 1 is 1.38 bits per heavy atom. The van der Waals surface area contributed by atoms with Gasteiger partial charge in [0.15, 0.2) is 0 Å². The van der Waals surface area contributed by atoms with Gasteiger partial charge in [-0.15, -0.1) is 0 Å². The second-order valence-corrected chi connectivity index (χ2v) is 5.74. The van der Waals surface area contributed by atoms with Crippen molar-refractivity contribution >= 4 is 22.8 Å². The number of aromatic amines is 2. The lowest BCUT2D eigenvalue weighted by atomic mass is 9.99. The predicted molar refractivity (Wildman–Crippen MR) is 93.7 cm³/mol. The fraction of sp³-hybridized carbons (Fsp3) is 0.211. The van der Waals surface area contributed by atoms with E-state index in [0.717, 1.165) is 39.8 Å². The van der Waals surface area contributed by atoms with Crippen molar-refractivity contribution in [2.24, 2.45) is 0 Å². The number of fused-ring (bicyclic) bond motifs is 1. The Morgan fingerprint density at radius 3 is 2.79 bits per heavy atom. The summed E-state index contributed by atoms with van der Waals surface area (Å²) in [6.45, 7) is 5.78. The van der Waals surface area contributed by atoms with E-state index in [0.29, 0.717) is 5.56 Å². The molecular weight excluding hydrogens is 300 g/mol. The molecule has 5 nitrogen and oxygen atoms in total. The summed E-state index contributed by atoms with van der Waals surface area (Å²) in [4.78, 5) is 16.0. The van der Waals surface area contributed by atoms with Crippen molar-refractivity contribution in [1.82, 2.24) is 15.2 Å². The Kier molecular flexibility index (Phi) is 4.05. The maximum absolute atomic E-state index is 12.9. The highest BCUT2D eigenvalue weighted by Gasteiger charge is 2.18. The molecule has 5 heteroatoms. The number of aryl methyl sites for hydroxylation is 3. The van der Waals surface area contributed by atoms with Crippen molar-refractivity contribution in [2.45, 2.75) is 27.2 Å². The van der Waals surface area contributed by atoms with Gasteiger partial charge in [-0.1, -0.05) is 25.1 Å². The van der Waals surface area contributed by atoms with Gasteiger partial charge in [-0.3, -0.25) is 9.89 Å². The fourth-order valence-corrected chi connectivity index (χ4v) is 2.91. The maximum atomic E-state index is 12.9. The number of carbonyl (C=O) groups is 1. The number of Topliss-reactive ketones (excluding diaryl/α,β-unsaturated/α-hetero) is 1. The van der Waals surface area contributed by atoms with E-state index >= 15 is 0 Å². The number of hydrogen-bond acceptors (Lipinski definition) is 3. The average molecular weight is 318 g/mol. The van der Waals surface area contributed by atoms with Crippen molar-refractivity contribution in [3.63, 3.8) is 0 Å². The van der Waals surface area contributed by atoms with Gasteiger partial charge in [0, 0.05) is 33.9 Å². The summed E-state index contributed by atoms with van der Waals surface area (Å²) in [7, 11) is 0. The molecule has 0 aliphatic rings. The Bertz CT molecular complexity index is 979. The summed E-state index contributed by atoms with van der Waals surface area (Å²) in [6, 6.07) is 7.91. The van der Waals surface area contributed by atoms with Gasteiger partial charge in [0.2, 0.25) is 5.78 Å². The van der Waals surface area contributed by atoms with Crippen LogP contribution < -0.4 is 0 Å². The molecule has 120 valence electrons. The van der Waals surface area contributed by atoms with Gasteiger partial charge in [0.25, 0.3) is 0 Å². The molecular formula is C19H18N4O. The highest BCUT2D eigenvalue weighted by Crippen LogP contribution is 2.25. The smallest absolute Gasteiger partial charge is 0.205 e. The topological polar surface area (TPSA) is 85.3 Å². The quantitative estimate of drug-likeness (QED) is 0.435. The largest absolute Gasteiger partial charge is 0.360 e. The van der Waals surface area contributed by atoms with Crippen LogP contribution >= 0.6 is 0 Å². The van der Waals surface area contributed by atoms with Crippen molar-refractivity contribution in [1.29, 1.82) is 5.26 Å². The molecule has 3 rings (SSSR count). The molecule has 0 bridgehead atoms. The number of aromatic nitrogens is 3. The summed E-state index contributed by atoms with van der Waals surface area (Å²) in [5.74, 6) is -0.281. The Hall–Kier alpha value is -3.13. The molecule has 0 aliphatic heterocycles. The van der Waals surface area contributed by atoms with Gasteiger partial charge in [0.05, 0.1) is 5.69 Å². The zero-order valence-corrected chi connectivity index (χ0v) is 13.9. The molecule has 0 unspecified atom stereocenters. The standard InChI is InChI=1S/C19H18N4O/c1-4-13-6-5-7-15-17(10-21-18(13)15)19(24)14(9-20)8-16-11(2)22-23-12(16)3/h5-8,10,21H,4H2,1-3H3,(H,22,23)/b14-8-. The van der Waals surface area contributed by atoms with Crippen molar-refractivity contribution in [2.75, 3.05) is 0 Å². The van der Waals surface area contributed by atoms with Crippen LogP contribution in [0.2, 0.25) is 0 Å². The first kappa shape index (κ1) is 15.8. The molecule has 0 amide bonds. The minimum atomic E-state index is -0.281. The van der Waals surface area contributed by atoms with Gasteiger partial charge >= 0.3 is 0 Å². The minimum Gasteiger partial charge on any atom is -0.360 e. The molecule has 3 aromatic rings. The zero-order chi connectivity index (χ0) is 17.3. The Balaban J connectivity index is 2.10. The summed E-state index contributed by atoms with van der Waals surface area (Å²) < 4.78 is 0. The number of nitriles is 1. The van der Waals surface area contributed by atoms with E-state index in [-0.39, 0.29) is 11.4 Å². The Morgan fingerprint density at radius 2 is 2.17 bits per heavy atom. The molecule has 0 spiro atoms. The van der Waals surface area contributed by atoms with Gasteiger partial charge in [-0.05, 0) is 31.9 Å². The van der Waals surface area contributed by atoms with Crippen LogP contribution in [-0.4, -0.2) is 21.0 Å². The van der Waals surface area contributed by atoms with Gasteiger partial charge in [-0.25, -0.2) is 0 Å². The second-order valence-electron chi connectivity index (χ2n) is 5.74. The third-order valence-electron chi connectivity index (χ3n) is 4.27. The zero-order valence-electron chi connectivity index (χ0n) is 13.9. The summed E-state index contributed by atoms with van der Waals surface area (Å²) in [5.41, 5.74) is 5.11. The van der Waals surface area contributed by atoms with E-state index in [1.54, 1.807) is 12.3 Å². The maximum Gasteiger partial charge on any atom is 0.205 e. The lowest BCUT2D eigenvalue weighted by Crippen LogP contribution is -2.01. The summed E-state index contributed by atoms with van der Waals surface area (Å²) in [5, 5.41) is 17.3. The summed E-state index contributed by atoms with van der Waals surface area (Å²) in [6.07, 6.45) is 4.17. The monoisotopic (exact) mass is 318 g/mol. The molecule has 0 aliphatic carbocycles. The van der Waals surface area contributed by atoms with Crippen LogP contribution in [-0.2, 0) is 6.42 Å². The first-order valence-corrected chi connectivity index (χ1v) is 7.83. The summed E-state index contributed by atoms with van der Waals surface area (Å²) >= 11 is 0. The minimum absolute atomic E-state index is 0.102. The van der Waals surface area contributed by atoms with E-state index in [4.69, 9.17) is 0 Å². The van der Waals surface area contributed by atoms with Crippen LogP contribution in [0.25, 0.3) is 17.0 Å². The van der Waals surface area contributed by atoms with E-state index in [1.807, 2.05) is 38.1 Å². The van der Waals surface area contributed by atoms with E-state index in [9.17, 15) is 10.1 Å². The predicted octanol–water partition coefficient (Wildman–Crippen LogP) is 3.86. The van der Waals surface area contributed by atoms with Crippen LogP contribution in [0.4, 0.5) is 0 Å². The molecule has 0 saturated heterocycles. The van der Waals surface area contributed by atoms with Gasteiger partial charge in [-0.2, -0.15) is 10.4 Å². The highest BCUT2D eigenvalue weighted by atomic mass is 16.1. The third-order valence-corrected chi connectivity index (χ3v) is 4.27. The van der Waals surface area contributed by atoms with Crippen LogP contribution in [0.15, 0.2) is 30.0 Å². The lowest BCUT2D eigenvalue weighted by molar-refractivity contribution is 0.104. The fourth-order valence-electron chi connectivity index (χ4n) is 2.91. The van der Waals surface area contributed by atoms with Crippen LogP contribution in [0.3, 0.4) is 0 Å². The number of rotatable bonds is 4. The first-order chi connectivity index (χ1) is 11.6. The molecule has 24 heavy (non-hydrogen) atoms. The highest BCUT2D eigenvalue weighted by molar-refractivity contribution is 6.20. The van der Waals surface area contributed by atoms with Crippen LogP contribution in [0.1, 0.15) is 39.8 Å². The van der Waals surface area contributed by atoms with E-state index < -0.39 is 0 Å². The molecule has 2 heterocycles. The third kappa shape index (κ3) is 2.52. The number of H-pyrrole nitrogens is 2. The first-order valence-electron chi connectivity index (χ1n) is 7.83. The Labute approximate surface area is 140 Å². The number of hydrogen-bond donors (Lipinski definition) is 2. The van der Waals surface area contributed by atoms with Gasteiger partial charge < -0.3 is 4.98 Å². The number of nitrogens with zero attached hydrogens (tertiary/aromatic N) is 2. The second kappa shape index (κ2) is 6.17. The SMILES string of the molecule is CCc1cccc2c(C(=O)/C(C#N)=C\c3c(C)n[nH]c3C)c[nH]c12. The number of benzene rings is 1. The molecule has 1 aromatic carbocycles. The molecule has 0 saturated carbocycles. The van der Waals surface area contributed by atoms with Crippen LogP contribution in [0.5, 0.6) is 0 Å². The molecule has 2 N–H and O–H groups in total. The average Bonchev–Trinajstić information content (AvgIpc) is 3.16. The molecule has 0 atom stereocenters. The lowest BCUT2D eigenvalue weighted by Gasteiger charge is -2.01. The van der Waals surface area contributed by atoms with Crippen molar-refractivity contribution < 1.29 is 4.79 Å². The number of nitrogens with one attached hydrogen (secondary N) is 2. The number of ketones is 1. The van der Waals surface area contributed by atoms with E-state index in [2.05, 4.69) is 22.1 Å². The number of carbonyl (C=O) groups excluding carboxylic acids is 1. The van der Waals surface area contributed by atoms with E-state index in [1.165, 1.54) is 0 Å². The number of allylic oxidation sites excluding steroid dienone is 1. The normalized spacial score (nSPS) is 11.7. The van der Waals surface area contributed by atoms with Gasteiger partial charge in [0.1, 0.15) is 11.6 Å². The van der Waals surface area contributed by atoms with Crippen molar-refractivity contribution in [3.05, 3.63) is 58.0 Å². The molecule has 0 radical (unpaired) electrons. The molecule has 0 fully saturated rings. The van der Waals surface area contributed by atoms with Crippen LogP contribution in [0, 0.1) is 25.2 Å². The van der Waals surface area contributed by atoms with Crippen molar-refractivity contribution in [3.8, 4) is 6.07 Å².